The molecule has 1 aliphatic rings. The summed E-state index contributed by atoms with van der Waals surface area (Å²) in [6.45, 7) is 2.62. The molecule has 166 valence electrons. The van der Waals surface area contributed by atoms with Crippen molar-refractivity contribution in [1.29, 1.82) is 0 Å². The van der Waals surface area contributed by atoms with Crippen LogP contribution >= 0.6 is 0 Å². The van der Waals surface area contributed by atoms with E-state index in [9.17, 15) is 9.18 Å². The van der Waals surface area contributed by atoms with E-state index in [0.717, 1.165) is 12.3 Å². The summed E-state index contributed by atoms with van der Waals surface area (Å²) in [6.07, 6.45) is 4.89. The number of carbonyl (C=O) groups is 1. The molecule has 1 fully saturated rings. The highest BCUT2D eigenvalue weighted by Gasteiger charge is 2.29. The van der Waals surface area contributed by atoms with Crippen molar-refractivity contribution in [3.05, 3.63) is 107 Å². The highest BCUT2D eigenvalue weighted by Crippen LogP contribution is 2.41. The molecule has 0 spiro atoms. The Hall–Kier alpha value is -2.94. The second-order valence-electron chi connectivity index (χ2n) is 9.29. The van der Waals surface area contributed by atoms with Crippen LogP contribution in [-0.2, 0) is 13.0 Å². The summed E-state index contributed by atoms with van der Waals surface area (Å²) in [5.41, 5.74) is 3.91. The lowest BCUT2D eigenvalue weighted by atomic mass is 9.85. The predicted molar refractivity (Wildman–Crippen MR) is 128 cm³/mol. The molecule has 3 aromatic carbocycles. The van der Waals surface area contributed by atoms with Gasteiger partial charge in [0.15, 0.2) is 0 Å². The standard InChI is InChI=1S/C29H32FNO/c1-21(24-8-4-3-5-9-24)26-17-14-23(19-26)18-22-12-15-25(16-13-22)29(32)31(2)20-27-10-6-7-11-28(27)30/h3-13,15-16,21,23,26H,14,17-20H2,1-2H3/t21-,23?,26+/m1/s1. The zero-order chi connectivity index (χ0) is 22.5. The van der Waals surface area contributed by atoms with E-state index < -0.39 is 0 Å². The van der Waals surface area contributed by atoms with Gasteiger partial charge in [-0.1, -0.05) is 67.6 Å². The number of hydrogen-bond acceptors (Lipinski definition) is 1. The fraction of sp³-hybridized carbons (Fsp3) is 0.345. The quantitative estimate of drug-likeness (QED) is 0.402. The van der Waals surface area contributed by atoms with Crippen LogP contribution in [0.15, 0.2) is 78.9 Å². The van der Waals surface area contributed by atoms with Crippen molar-refractivity contribution in [1.82, 2.24) is 4.90 Å². The van der Waals surface area contributed by atoms with E-state index >= 15 is 0 Å². The molecule has 3 aromatic rings. The minimum Gasteiger partial charge on any atom is -0.337 e. The summed E-state index contributed by atoms with van der Waals surface area (Å²) in [5, 5.41) is 0. The molecule has 1 aliphatic carbocycles. The highest BCUT2D eigenvalue weighted by atomic mass is 19.1. The molecule has 0 aliphatic heterocycles. The molecular weight excluding hydrogens is 397 g/mol. The van der Waals surface area contributed by atoms with E-state index in [1.54, 1.807) is 30.1 Å². The van der Waals surface area contributed by atoms with Gasteiger partial charge in [0.1, 0.15) is 5.82 Å². The molecule has 3 heteroatoms. The molecular formula is C29H32FNO. The van der Waals surface area contributed by atoms with Crippen LogP contribution < -0.4 is 0 Å². The Bertz CT molecular complexity index is 1030. The number of amides is 1. The molecule has 1 amide bonds. The Morgan fingerprint density at radius 3 is 2.38 bits per heavy atom. The Balaban J connectivity index is 1.32. The second kappa shape index (κ2) is 10.1. The second-order valence-corrected chi connectivity index (χ2v) is 9.29. The van der Waals surface area contributed by atoms with E-state index in [2.05, 4.69) is 49.4 Å². The van der Waals surface area contributed by atoms with Crippen LogP contribution in [0.2, 0.25) is 0 Å². The number of hydrogen-bond donors (Lipinski definition) is 0. The Morgan fingerprint density at radius 2 is 1.66 bits per heavy atom. The van der Waals surface area contributed by atoms with Crippen molar-refractivity contribution in [3.8, 4) is 0 Å². The molecule has 0 radical (unpaired) electrons. The SMILES string of the molecule is C[C@H](c1ccccc1)[C@H]1CCC(Cc2ccc(C(=O)N(C)Cc3ccccc3F)cc2)C1. The van der Waals surface area contributed by atoms with E-state index in [1.807, 2.05) is 12.1 Å². The maximum atomic E-state index is 13.9. The lowest BCUT2D eigenvalue weighted by molar-refractivity contribution is 0.0784. The van der Waals surface area contributed by atoms with Crippen LogP contribution in [0.4, 0.5) is 4.39 Å². The van der Waals surface area contributed by atoms with E-state index in [4.69, 9.17) is 0 Å². The molecule has 1 saturated carbocycles. The smallest absolute Gasteiger partial charge is 0.253 e. The van der Waals surface area contributed by atoms with Gasteiger partial charge >= 0.3 is 0 Å². The molecule has 2 nitrogen and oxygen atoms in total. The van der Waals surface area contributed by atoms with Gasteiger partial charge in [0.2, 0.25) is 0 Å². The number of nitrogens with zero attached hydrogens (tertiary/aromatic N) is 1. The van der Waals surface area contributed by atoms with Crippen molar-refractivity contribution in [2.24, 2.45) is 11.8 Å². The van der Waals surface area contributed by atoms with Gasteiger partial charge in [-0.05, 0) is 72.8 Å². The molecule has 0 aromatic heterocycles. The van der Waals surface area contributed by atoms with Crippen LogP contribution in [-0.4, -0.2) is 17.9 Å². The Kier molecular flexibility index (Phi) is 7.04. The average molecular weight is 430 g/mol. The lowest BCUT2D eigenvalue weighted by Gasteiger charge is -2.20. The normalized spacial score (nSPS) is 19.0. The monoisotopic (exact) mass is 429 g/mol. The Morgan fingerprint density at radius 1 is 0.969 bits per heavy atom. The molecule has 1 unspecified atom stereocenters. The molecule has 0 heterocycles. The number of benzene rings is 3. The first-order valence-electron chi connectivity index (χ1n) is 11.6. The third-order valence-electron chi connectivity index (χ3n) is 7.05. The van der Waals surface area contributed by atoms with Gasteiger partial charge in [0.05, 0.1) is 0 Å². The lowest BCUT2D eigenvalue weighted by Crippen LogP contribution is -2.26. The molecule has 3 atom stereocenters. The summed E-state index contributed by atoms with van der Waals surface area (Å²) in [7, 11) is 1.72. The number of carbonyl (C=O) groups excluding carboxylic acids is 1. The summed E-state index contributed by atoms with van der Waals surface area (Å²) >= 11 is 0. The van der Waals surface area contributed by atoms with Crippen LogP contribution in [0.25, 0.3) is 0 Å². The molecule has 32 heavy (non-hydrogen) atoms. The fourth-order valence-electron chi connectivity index (χ4n) is 5.07. The topological polar surface area (TPSA) is 20.3 Å². The zero-order valence-electron chi connectivity index (χ0n) is 19.0. The third kappa shape index (κ3) is 5.27. The number of rotatable bonds is 7. The van der Waals surface area contributed by atoms with Gasteiger partial charge in [-0.3, -0.25) is 4.79 Å². The van der Waals surface area contributed by atoms with Crippen LogP contribution in [0.1, 0.15) is 59.2 Å². The maximum Gasteiger partial charge on any atom is 0.253 e. The first-order valence-corrected chi connectivity index (χ1v) is 11.6. The minimum atomic E-state index is -0.279. The van der Waals surface area contributed by atoms with Gasteiger partial charge in [-0.2, -0.15) is 0 Å². The van der Waals surface area contributed by atoms with Gasteiger partial charge in [0.25, 0.3) is 5.91 Å². The van der Waals surface area contributed by atoms with Crippen molar-refractivity contribution >= 4 is 5.91 Å². The van der Waals surface area contributed by atoms with E-state index in [0.29, 0.717) is 23.0 Å². The maximum absolute atomic E-state index is 13.9. The van der Waals surface area contributed by atoms with Gasteiger partial charge in [-0.15, -0.1) is 0 Å². The zero-order valence-corrected chi connectivity index (χ0v) is 19.0. The largest absolute Gasteiger partial charge is 0.337 e. The van der Waals surface area contributed by atoms with E-state index in [1.165, 1.54) is 36.5 Å². The molecule has 0 N–H and O–H groups in total. The predicted octanol–water partition coefficient (Wildman–Crippen LogP) is 6.86. The van der Waals surface area contributed by atoms with Crippen molar-refractivity contribution in [2.75, 3.05) is 7.05 Å². The first kappa shape index (κ1) is 22.3. The van der Waals surface area contributed by atoms with Gasteiger partial charge in [-0.25, -0.2) is 4.39 Å². The third-order valence-corrected chi connectivity index (χ3v) is 7.05. The summed E-state index contributed by atoms with van der Waals surface area (Å²) < 4.78 is 13.9. The fourth-order valence-corrected chi connectivity index (χ4v) is 5.07. The average Bonchev–Trinajstić information content (AvgIpc) is 3.29. The van der Waals surface area contributed by atoms with Gasteiger partial charge in [0, 0.05) is 24.7 Å². The summed E-state index contributed by atoms with van der Waals surface area (Å²) in [5.74, 6) is 1.69. The molecule has 4 rings (SSSR count). The summed E-state index contributed by atoms with van der Waals surface area (Å²) in [6, 6.07) is 25.4. The van der Waals surface area contributed by atoms with Crippen molar-refractivity contribution < 1.29 is 9.18 Å². The van der Waals surface area contributed by atoms with Crippen LogP contribution in [0.3, 0.4) is 0 Å². The van der Waals surface area contributed by atoms with Crippen LogP contribution in [0.5, 0.6) is 0 Å². The van der Waals surface area contributed by atoms with Gasteiger partial charge < -0.3 is 4.90 Å². The minimum absolute atomic E-state index is 0.0857. The van der Waals surface area contributed by atoms with Crippen LogP contribution in [0, 0.1) is 17.7 Å². The highest BCUT2D eigenvalue weighted by molar-refractivity contribution is 5.94. The Labute approximate surface area is 191 Å². The van der Waals surface area contributed by atoms with E-state index in [-0.39, 0.29) is 18.3 Å². The molecule has 0 bridgehead atoms. The first-order chi connectivity index (χ1) is 15.5. The number of halogens is 1. The van der Waals surface area contributed by atoms with Crippen molar-refractivity contribution in [2.45, 2.75) is 45.1 Å². The summed E-state index contributed by atoms with van der Waals surface area (Å²) in [4.78, 5) is 14.3. The molecule has 0 saturated heterocycles. The van der Waals surface area contributed by atoms with Crippen molar-refractivity contribution in [3.63, 3.8) is 0 Å².